The Morgan fingerprint density at radius 2 is 1.79 bits per heavy atom. The number of nitrogens with two attached hydrogens (primary N) is 1. The number of rotatable bonds is 3. The Morgan fingerprint density at radius 1 is 1.21 bits per heavy atom. The topological polar surface area (TPSA) is 83.6 Å². The van der Waals surface area contributed by atoms with Gasteiger partial charge in [-0.2, -0.15) is 0 Å². The molecule has 1 saturated heterocycles. The molecule has 1 aliphatic heterocycles. The fraction of sp³-hybridized carbons (Fsp3) is 0.857. The third kappa shape index (κ3) is 3.08. The summed E-state index contributed by atoms with van der Waals surface area (Å²) in [5.41, 5.74) is 5.84. The molecule has 0 aromatic rings. The maximum Gasteiger partial charge on any atom is 0.307 e. The number of hydrogen-bond acceptors (Lipinski definition) is 3. The molecule has 5 nitrogen and oxygen atoms in total. The van der Waals surface area contributed by atoms with Gasteiger partial charge in [0, 0.05) is 19.1 Å². The van der Waals surface area contributed by atoms with Gasteiger partial charge in [0.05, 0.1) is 11.8 Å². The van der Waals surface area contributed by atoms with Crippen molar-refractivity contribution in [1.29, 1.82) is 0 Å². The molecular formula is C14H24N2O3. The number of amides is 1. The zero-order valence-corrected chi connectivity index (χ0v) is 11.5. The van der Waals surface area contributed by atoms with Crippen LogP contribution >= 0.6 is 0 Å². The van der Waals surface area contributed by atoms with Gasteiger partial charge in [0.25, 0.3) is 0 Å². The molecule has 0 aromatic heterocycles. The van der Waals surface area contributed by atoms with Crippen molar-refractivity contribution in [3.8, 4) is 0 Å². The molecule has 3 unspecified atom stereocenters. The Labute approximate surface area is 114 Å². The first kappa shape index (κ1) is 14.3. The molecule has 0 spiro atoms. The molecule has 0 radical (unpaired) electrons. The van der Waals surface area contributed by atoms with E-state index in [9.17, 15) is 14.7 Å². The summed E-state index contributed by atoms with van der Waals surface area (Å²) in [7, 11) is 0. The van der Waals surface area contributed by atoms with E-state index in [2.05, 4.69) is 6.92 Å². The fourth-order valence-electron chi connectivity index (χ4n) is 3.38. The Morgan fingerprint density at radius 3 is 2.32 bits per heavy atom. The van der Waals surface area contributed by atoms with Gasteiger partial charge in [0.15, 0.2) is 0 Å². The zero-order chi connectivity index (χ0) is 14.0. The van der Waals surface area contributed by atoms with E-state index in [4.69, 9.17) is 5.73 Å². The van der Waals surface area contributed by atoms with Crippen molar-refractivity contribution in [2.75, 3.05) is 13.1 Å². The first-order chi connectivity index (χ1) is 9.02. The molecule has 2 aliphatic rings. The van der Waals surface area contributed by atoms with Gasteiger partial charge in [-0.05, 0) is 31.6 Å². The maximum absolute atomic E-state index is 12.5. The van der Waals surface area contributed by atoms with Gasteiger partial charge in [0.2, 0.25) is 5.91 Å². The lowest BCUT2D eigenvalue weighted by molar-refractivity contribution is -0.149. The highest BCUT2D eigenvalue weighted by Gasteiger charge is 2.43. The van der Waals surface area contributed by atoms with Gasteiger partial charge in [-0.25, -0.2) is 0 Å². The molecule has 5 heteroatoms. The smallest absolute Gasteiger partial charge is 0.307 e. The average Bonchev–Trinajstić information content (AvgIpc) is 2.83. The Hall–Kier alpha value is -1.10. The minimum atomic E-state index is -0.817. The minimum Gasteiger partial charge on any atom is -0.481 e. The highest BCUT2D eigenvalue weighted by Crippen LogP contribution is 2.39. The average molecular weight is 268 g/mol. The van der Waals surface area contributed by atoms with Crippen molar-refractivity contribution < 1.29 is 14.7 Å². The number of carbonyl (C=O) groups excluding carboxylic acids is 1. The van der Waals surface area contributed by atoms with Gasteiger partial charge in [-0.1, -0.05) is 13.3 Å². The van der Waals surface area contributed by atoms with Gasteiger partial charge in [0.1, 0.15) is 0 Å². The van der Waals surface area contributed by atoms with Crippen LogP contribution in [-0.2, 0) is 9.59 Å². The fourth-order valence-corrected chi connectivity index (χ4v) is 3.38. The lowest BCUT2D eigenvalue weighted by atomic mass is 9.93. The van der Waals surface area contributed by atoms with Crippen molar-refractivity contribution >= 4 is 11.9 Å². The van der Waals surface area contributed by atoms with Crippen LogP contribution < -0.4 is 5.73 Å². The molecule has 2 fully saturated rings. The summed E-state index contributed by atoms with van der Waals surface area (Å²) in [6.07, 6.45) is 3.99. The summed E-state index contributed by atoms with van der Waals surface area (Å²) in [5, 5.41) is 9.30. The lowest BCUT2D eigenvalue weighted by Crippen LogP contribution is -2.46. The second kappa shape index (κ2) is 5.90. The van der Waals surface area contributed by atoms with Crippen LogP contribution in [0.4, 0.5) is 0 Å². The molecule has 1 heterocycles. The monoisotopic (exact) mass is 268 g/mol. The highest BCUT2D eigenvalue weighted by molar-refractivity contribution is 5.85. The largest absolute Gasteiger partial charge is 0.481 e. The van der Waals surface area contributed by atoms with Crippen molar-refractivity contribution in [2.24, 2.45) is 23.5 Å². The molecule has 0 aromatic carbocycles. The normalized spacial score (nSPS) is 32.5. The van der Waals surface area contributed by atoms with E-state index >= 15 is 0 Å². The van der Waals surface area contributed by atoms with E-state index in [0.717, 1.165) is 25.7 Å². The summed E-state index contributed by atoms with van der Waals surface area (Å²) in [6, 6.07) is 0.186. The summed E-state index contributed by atoms with van der Waals surface area (Å²) in [5.74, 6) is -1.22. The third-order valence-corrected chi connectivity index (χ3v) is 4.72. The number of nitrogens with zero attached hydrogens (tertiary/aromatic N) is 1. The molecule has 1 amide bonds. The number of carboxylic acid groups (broad SMARTS) is 1. The van der Waals surface area contributed by atoms with Crippen LogP contribution in [0.3, 0.4) is 0 Å². The second-order valence-electron chi connectivity index (χ2n) is 5.96. The lowest BCUT2D eigenvalue weighted by Gasteiger charge is -2.33. The zero-order valence-electron chi connectivity index (χ0n) is 11.5. The van der Waals surface area contributed by atoms with Gasteiger partial charge in [-0.15, -0.1) is 0 Å². The van der Waals surface area contributed by atoms with E-state index in [1.54, 1.807) is 0 Å². The second-order valence-corrected chi connectivity index (χ2v) is 5.96. The van der Waals surface area contributed by atoms with E-state index in [-0.39, 0.29) is 17.9 Å². The summed E-state index contributed by atoms with van der Waals surface area (Å²) in [6.45, 7) is 3.43. The van der Waals surface area contributed by atoms with Gasteiger partial charge in [-0.3, -0.25) is 9.59 Å². The van der Waals surface area contributed by atoms with Crippen molar-refractivity contribution in [3.63, 3.8) is 0 Å². The molecule has 108 valence electrons. The Bertz CT molecular complexity index is 351. The maximum atomic E-state index is 12.5. The quantitative estimate of drug-likeness (QED) is 0.802. The van der Waals surface area contributed by atoms with E-state index in [1.165, 1.54) is 0 Å². The Kier molecular flexibility index (Phi) is 4.45. The van der Waals surface area contributed by atoms with Crippen LogP contribution in [0.15, 0.2) is 0 Å². The van der Waals surface area contributed by atoms with Gasteiger partial charge >= 0.3 is 5.97 Å². The molecule has 1 saturated carbocycles. The van der Waals surface area contributed by atoms with E-state index < -0.39 is 11.9 Å². The predicted molar refractivity (Wildman–Crippen MR) is 71.4 cm³/mol. The summed E-state index contributed by atoms with van der Waals surface area (Å²) < 4.78 is 0. The van der Waals surface area contributed by atoms with Crippen molar-refractivity contribution in [2.45, 2.75) is 45.1 Å². The molecule has 1 aliphatic carbocycles. The minimum absolute atomic E-state index is 0.0373. The van der Waals surface area contributed by atoms with Crippen LogP contribution in [0.2, 0.25) is 0 Å². The number of hydrogen-bond donors (Lipinski definition) is 2. The SMILES string of the molecule is CCC1CC(C(=O)O)C(C(=O)N2CCC(N)CC2)C1. The number of carbonyl (C=O) groups is 2. The molecular weight excluding hydrogens is 244 g/mol. The van der Waals surface area contributed by atoms with Crippen molar-refractivity contribution in [3.05, 3.63) is 0 Å². The molecule has 3 atom stereocenters. The van der Waals surface area contributed by atoms with E-state index in [1.807, 2.05) is 4.90 Å². The van der Waals surface area contributed by atoms with Crippen LogP contribution in [0.25, 0.3) is 0 Å². The molecule has 2 rings (SSSR count). The standard InChI is InChI=1S/C14H24N2O3/c1-2-9-7-11(12(8-9)14(18)19)13(17)16-5-3-10(15)4-6-16/h9-12H,2-8,15H2,1H3,(H,18,19). The first-order valence-corrected chi connectivity index (χ1v) is 7.30. The Balaban J connectivity index is 2.02. The highest BCUT2D eigenvalue weighted by atomic mass is 16.4. The van der Waals surface area contributed by atoms with Crippen LogP contribution in [0, 0.1) is 17.8 Å². The summed E-state index contributed by atoms with van der Waals surface area (Å²) in [4.78, 5) is 25.6. The summed E-state index contributed by atoms with van der Waals surface area (Å²) >= 11 is 0. The number of likely N-dealkylation sites (tertiary alicyclic amines) is 1. The number of aliphatic carboxylic acids is 1. The molecule has 19 heavy (non-hydrogen) atoms. The molecule has 3 N–H and O–H groups in total. The van der Waals surface area contributed by atoms with Crippen LogP contribution in [-0.4, -0.2) is 41.0 Å². The number of carboxylic acids is 1. The van der Waals surface area contributed by atoms with Crippen LogP contribution in [0.5, 0.6) is 0 Å². The van der Waals surface area contributed by atoms with Crippen molar-refractivity contribution in [1.82, 2.24) is 4.90 Å². The van der Waals surface area contributed by atoms with E-state index in [0.29, 0.717) is 25.4 Å². The number of piperidine rings is 1. The first-order valence-electron chi connectivity index (χ1n) is 7.30. The van der Waals surface area contributed by atoms with Gasteiger partial charge < -0.3 is 15.7 Å². The third-order valence-electron chi connectivity index (χ3n) is 4.72. The predicted octanol–water partition coefficient (Wildman–Crippen LogP) is 1.07. The molecule has 0 bridgehead atoms. The van der Waals surface area contributed by atoms with Crippen LogP contribution in [0.1, 0.15) is 39.0 Å².